The van der Waals surface area contributed by atoms with E-state index in [1.807, 2.05) is 13.0 Å². The van der Waals surface area contributed by atoms with Crippen molar-refractivity contribution in [3.63, 3.8) is 0 Å². The number of allylic oxidation sites excluding steroid dienone is 4. The van der Waals surface area contributed by atoms with E-state index in [0.717, 1.165) is 18.4 Å². The number of nitrogens with zero attached hydrogens (tertiary/aromatic N) is 1. The van der Waals surface area contributed by atoms with Gasteiger partial charge in [0.1, 0.15) is 0 Å². The molecule has 0 aliphatic heterocycles. The van der Waals surface area contributed by atoms with Gasteiger partial charge in [-0.3, -0.25) is 24.8 Å². The topological polar surface area (TPSA) is 160 Å². The van der Waals surface area contributed by atoms with E-state index in [1.165, 1.54) is 12.1 Å². The molecular formula is C33H41NO10. The largest absolute Gasteiger partial charge is 0.466 e. The molecule has 0 heterocycles. The molecule has 11 heteroatoms. The van der Waals surface area contributed by atoms with Crippen molar-refractivity contribution in [1.82, 2.24) is 5.39 Å². The van der Waals surface area contributed by atoms with Crippen LogP contribution in [-0.4, -0.2) is 63.7 Å². The summed E-state index contributed by atoms with van der Waals surface area (Å²) in [4.78, 5) is 56.8. The molecule has 0 bridgehead atoms. The molecule has 4 aliphatic carbocycles. The van der Waals surface area contributed by atoms with E-state index in [-0.39, 0.29) is 54.5 Å². The Morgan fingerprint density at radius 1 is 1.07 bits per heavy atom. The summed E-state index contributed by atoms with van der Waals surface area (Å²) in [6.07, 6.45) is 7.19. The molecule has 3 N–H and O–H groups in total. The number of carbonyl (C=O) groups is 4. The van der Waals surface area contributed by atoms with Crippen molar-refractivity contribution in [3.05, 3.63) is 59.2 Å². The average Bonchev–Trinajstić information content (AvgIpc) is 3.27. The minimum Gasteiger partial charge on any atom is -0.466 e. The quantitative estimate of drug-likeness (QED) is 0.258. The summed E-state index contributed by atoms with van der Waals surface area (Å²) in [5, 5.41) is 28.8. The number of esters is 2. The minimum atomic E-state index is -1.19. The highest BCUT2D eigenvalue weighted by atomic mass is 17.1. The molecule has 238 valence electrons. The Hall–Kier alpha value is -3.22. The van der Waals surface area contributed by atoms with E-state index in [2.05, 4.69) is 11.8 Å². The minimum absolute atomic E-state index is 0.0368. The van der Waals surface area contributed by atoms with Gasteiger partial charge in [-0.15, -0.1) is 0 Å². The first-order valence-corrected chi connectivity index (χ1v) is 15.2. The molecule has 5 rings (SSSR count). The van der Waals surface area contributed by atoms with Crippen LogP contribution in [0.4, 0.5) is 0 Å². The number of ketones is 2. The van der Waals surface area contributed by atoms with Gasteiger partial charge in [0.15, 0.2) is 18.2 Å². The van der Waals surface area contributed by atoms with Crippen LogP contribution in [0.2, 0.25) is 0 Å². The first-order chi connectivity index (χ1) is 20.8. The Kier molecular flexibility index (Phi) is 8.99. The summed E-state index contributed by atoms with van der Waals surface area (Å²) in [6.45, 7) is 5.28. The molecule has 0 radical (unpaired) electrons. The van der Waals surface area contributed by atoms with Crippen LogP contribution in [0.3, 0.4) is 0 Å². The van der Waals surface area contributed by atoms with E-state index in [1.54, 1.807) is 31.2 Å². The van der Waals surface area contributed by atoms with Crippen molar-refractivity contribution in [2.24, 2.45) is 34.0 Å². The van der Waals surface area contributed by atoms with Gasteiger partial charge in [0.25, 0.3) is 0 Å². The number of aliphatic hydroxyl groups is 1. The highest BCUT2D eigenvalue weighted by Crippen LogP contribution is 2.70. The number of aliphatic hydroxyl groups excluding tert-OH is 1. The van der Waals surface area contributed by atoms with E-state index in [0.29, 0.717) is 24.8 Å². The number of carbonyl (C=O) groups excluding carboxylic acids is 4. The molecule has 0 spiro atoms. The lowest BCUT2D eigenvalue weighted by atomic mass is 9.44. The number of fused-ring (bicyclic) bond motifs is 5. The Morgan fingerprint density at radius 3 is 2.48 bits per heavy atom. The van der Waals surface area contributed by atoms with Gasteiger partial charge < -0.3 is 14.6 Å². The fourth-order valence-electron chi connectivity index (χ4n) is 8.97. The van der Waals surface area contributed by atoms with Crippen molar-refractivity contribution in [3.8, 4) is 0 Å². The van der Waals surface area contributed by atoms with Crippen LogP contribution in [0.15, 0.2) is 48.1 Å². The molecular weight excluding hydrogens is 570 g/mol. The highest BCUT2D eigenvalue weighted by Gasteiger charge is 2.68. The van der Waals surface area contributed by atoms with E-state index >= 15 is 0 Å². The summed E-state index contributed by atoms with van der Waals surface area (Å²) in [6, 6.07) is 6.05. The van der Waals surface area contributed by atoms with Crippen LogP contribution in [0.5, 0.6) is 0 Å². The van der Waals surface area contributed by atoms with Crippen LogP contribution in [-0.2, 0) is 35.3 Å². The van der Waals surface area contributed by atoms with Gasteiger partial charge in [-0.2, -0.15) is 0 Å². The molecule has 3 fully saturated rings. The molecule has 4 aliphatic rings. The number of hydrogen-bond acceptors (Lipinski definition) is 11. The van der Waals surface area contributed by atoms with Crippen molar-refractivity contribution < 1.29 is 49.0 Å². The zero-order valence-corrected chi connectivity index (χ0v) is 25.4. The SMILES string of the molecule is CCOC(=O)C[C@]1(C(=O)COC(=O)c2ccc(CON(O)O)cc2)CC[C@H]2[C@@H]3CCC4=CC(=O)C=C[C@]4(C)[C@H]3[C@@H](O)C[C@@]21C. The number of ether oxygens (including phenoxy) is 2. The van der Waals surface area contributed by atoms with Crippen LogP contribution in [0.25, 0.3) is 0 Å². The monoisotopic (exact) mass is 611 g/mol. The summed E-state index contributed by atoms with van der Waals surface area (Å²) in [5.74, 6) is -1.62. The summed E-state index contributed by atoms with van der Waals surface area (Å²) >= 11 is 0. The van der Waals surface area contributed by atoms with Crippen molar-refractivity contribution in [1.29, 1.82) is 0 Å². The molecule has 0 saturated heterocycles. The standard InChI is InChI=1S/C33H41NO10/c1-4-42-28(38)17-33(27(37)19-43-30(39)21-7-5-20(6-8-21)18-44-34(40)41)14-12-25-24-10-9-22-15-23(35)11-13-31(22,2)29(24)26(36)16-32(25,33)3/h5-8,11,13,15,24-26,29,36,40-41H,4,9-10,12,14,16-19H2,1-3H3/t24-,25-,26-,29+,31-,32-,33-/m0/s1. The van der Waals surface area contributed by atoms with Crippen molar-refractivity contribution in [2.45, 2.75) is 72.0 Å². The van der Waals surface area contributed by atoms with E-state index < -0.39 is 46.3 Å². The third-order valence-corrected chi connectivity index (χ3v) is 11.0. The first kappa shape index (κ1) is 32.2. The van der Waals surface area contributed by atoms with Gasteiger partial charge in [-0.05, 0) is 86.1 Å². The van der Waals surface area contributed by atoms with Gasteiger partial charge in [0, 0.05) is 16.7 Å². The fraction of sp³-hybridized carbons (Fsp3) is 0.576. The molecule has 0 aromatic heterocycles. The lowest BCUT2D eigenvalue weighted by Crippen LogP contribution is -2.59. The van der Waals surface area contributed by atoms with E-state index in [9.17, 15) is 24.3 Å². The van der Waals surface area contributed by atoms with Gasteiger partial charge >= 0.3 is 11.9 Å². The zero-order chi connectivity index (χ0) is 31.9. The molecule has 3 saturated carbocycles. The van der Waals surface area contributed by atoms with Gasteiger partial charge in [-0.1, -0.05) is 37.6 Å². The van der Waals surface area contributed by atoms with Crippen LogP contribution in [0.1, 0.15) is 75.2 Å². The summed E-state index contributed by atoms with van der Waals surface area (Å²) in [7, 11) is 0. The second-order valence-corrected chi connectivity index (χ2v) is 13.0. The Labute approximate surface area is 256 Å². The van der Waals surface area contributed by atoms with Crippen LogP contribution >= 0.6 is 0 Å². The maximum atomic E-state index is 14.2. The maximum Gasteiger partial charge on any atom is 0.338 e. The predicted molar refractivity (Wildman–Crippen MR) is 154 cm³/mol. The molecule has 44 heavy (non-hydrogen) atoms. The lowest BCUT2D eigenvalue weighted by Gasteiger charge is -2.60. The van der Waals surface area contributed by atoms with Gasteiger partial charge in [0.05, 0.1) is 36.7 Å². The fourth-order valence-corrected chi connectivity index (χ4v) is 8.97. The Balaban J connectivity index is 1.38. The van der Waals surface area contributed by atoms with Gasteiger partial charge in [0.2, 0.25) is 0 Å². The average molecular weight is 612 g/mol. The third-order valence-electron chi connectivity index (χ3n) is 11.0. The van der Waals surface area contributed by atoms with Crippen molar-refractivity contribution >= 4 is 23.5 Å². The van der Waals surface area contributed by atoms with Crippen molar-refractivity contribution in [2.75, 3.05) is 13.2 Å². The molecule has 7 atom stereocenters. The number of Topliss-reactive ketones (excluding diaryl/α,β-unsaturated/α-hetero) is 1. The third kappa shape index (κ3) is 5.56. The molecule has 11 nitrogen and oxygen atoms in total. The summed E-state index contributed by atoms with van der Waals surface area (Å²) in [5.41, 5.74) is -0.598. The molecule has 1 aromatic rings. The van der Waals surface area contributed by atoms with Gasteiger partial charge in [-0.25, -0.2) is 9.63 Å². The van der Waals surface area contributed by atoms with E-state index in [4.69, 9.17) is 19.9 Å². The predicted octanol–water partition coefficient (Wildman–Crippen LogP) is 4.14. The Morgan fingerprint density at radius 2 is 1.80 bits per heavy atom. The van der Waals surface area contributed by atoms with Crippen LogP contribution < -0.4 is 0 Å². The van der Waals surface area contributed by atoms with Crippen LogP contribution in [0, 0.1) is 34.0 Å². The highest BCUT2D eigenvalue weighted by molar-refractivity contribution is 6.01. The number of hydrogen-bond donors (Lipinski definition) is 3. The summed E-state index contributed by atoms with van der Waals surface area (Å²) < 4.78 is 10.8. The maximum absolute atomic E-state index is 14.2. The second kappa shape index (κ2) is 12.3. The Bertz CT molecular complexity index is 1370. The molecule has 1 aromatic carbocycles. The number of rotatable bonds is 10. The lowest BCUT2D eigenvalue weighted by molar-refractivity contribution is -0.497. The number of benzene rings is 1. The molecule has 0 unspecified atom stereocenters. The normalized spacial score (nSPS) is 34.1. The molecule has 0 amide bonds. The first-order valence-electron chi connectivity index (χ1n) is 15.2. The second-order valence-electron chi connectivity index (χ2n) is 13.0. The smallest absolute Gasteiger partial charge is 0.338 e. The zero-order valence-electron chi connectivity index (χ0n) is 25.4.